The van der Waals surface area contributed by atoms with Crippen molar-refractivity contribution in [2.75, 3.05) is 12.3 Å². The van der Waals surface area contributed by atoms with E-state index < -0.39 is 0 Å². The number of nitrogens with two attached hydrogens (primary N) is 1. The number of hydrogen-bond acceptors (Lipinski definition) is 7. The van der Waals surface area contributed by atoms with Gasteiger partial charge in [0.05, 0.1) is 5.69 Å². The van der Waals surface area contributed by atoms with E-state index in [0.29, 0.717) is 29.4 Å². The van der Waals surface area contributed by atoms with Crippen LogP contribution in [0, 0.1) is 5.92 Å². The quantitative estimate of drug-likeness (QED) is 0.807. The van der Waals surface area contributed by atoms with Crippen LogP contribution in [0.4, 0.5) is 5.13 Å². The maximum atomic E-state index is 5.73. The highest BCUT2D eigenvalue weighted by Crippen LogP contribution is 2.42. The molecule has 0 aromatic carbocycles. The average molecular weight is 308 g/mol. The van der Waals surface area contributed by atoms with E-state index in [1.54, 1.807) is 0 Å². The van der Waals surface area contributed by atoms with Gasteiger partial charge in [-0.05, 0) is 38.5 Å². The Hall–Kier alpha value is -1.47. The van der Waals surface area contributed by atoms with Crippen LogP contribution in [0.3, 0.4) is 0 Å². The molecule has 114 valence electrons. The molecule has 2 aromatic rings. The number of ether oxygens (including phenoxy) is 1. The van der Waals surface area contributed by atoms with E-state index in [9.17, 15) is 0 Å². The third-order valence-corrected chi connectivity index (χ3v) is 4.25. The largest absolute Gasteiger partial charge is 0.375 e. The van der Waals surface area contributed by atoms with E-state index in [2.05, 4.69) is 15.1 Å². The number of nitrogen functional groups attached to an aromatic ring is 1. The molecular weight excluding hydrogens is 288 g/mol. The second-order valence-corrected chi connectivity index (χ2v) is 6.18. The Kier molecular flexibility index (Phi) is 4.50. The number of rotatable bonds is 8. The SMILES string of the molecule is CCOC(c1noc(CCCc2csc(N)n2)n1)C1CC1. The molecule has 1 aliphatic carbocycles. The average Bonchev–Trinajstić information content (AvgIpc) is 3.06. The molecular formula is C14H20N4O2S. The molecule has 1 saturated carbocycles. The van der Waals surface area contributed by atoms with Crippen molar-refractivity contribution < 1.29 is 9.26 Å². The van der Waals surface area contributed by atoms with Gasteiger partial charge < -0.3 is 15.0 Å². The summed E-state index contributed by atoms with van der Waals surface area (Å²) in [6.45, 7) is 2.67. The molecule has 0 radical (unpaired) electrons. The summed E-state index contributed by atoms with van der Waals surface area (Å²) in [6.07, 6.45) is 4.95. The van der Waals surface area contributed by atoms with Crippen LogP contribution in [0.25, 0.3) is 0 Å². The topological polar surface area (TPSA) is 87.1 Å². The fraction of sp³-hybridized carbons (Fsp3) is 0.643. The molecule has 7 heteroatoms. The van der Waals surface area contributed by atoms with Gasteiger partial charge in [0.15, 0.2) is 5.13 Å². The Bertz CT molecular complexity index is 579. The van der Waals surface area contributed by atoms with Crippen LogP contribution in [-0.4, -0.2) is 21.7 Å². The van der Waals surface area contributed by atoms with Crippen molar-refractivity contribution in [3.63, 3.8) is 0 Å². The number of anilines is 1. The minimum absolute atomic E-state index is 0.00541. The minimum Gasteiger partial charge on any atom is -0.375 e. The van der Waals surface area contributed by atoms with Crippen LogP contribution < -0.4 is 5.73 Å². The van der Waals surface area contributed by atoms with Gasteiger partial charge >= 0.3 is 0 Å². The molecule has 1 fully saturated rings. The molecule has 2 N–H and O–H groups in total. The summed E-state index contributed by atoms with van der Waals surface area (Å²) in [5, 5.41) is 6.69. The number of nitrogens with zero attached hydrogens (tertiary/aromatic N) is 3. The fourth-order valence-corrected chi connectivity index (χ4v) is 2.94. The lowest BCUT2D eigenvalue weighted by Crippen LogP contribution is -2.08. The van der Waals surface area contributed by atoms with E-state index in [-0.39, 0.29) is 6.10 Å². The normalized spacial score (nSPS) is 16.2. The molecule has 0 spiro atoms. The molecule has 21 heavy (non-hydrogen) atoms. The molecule has 0 saturated heterocycles. The zero-order chi connectivity index (χ0) is 14.7. The Morgan fingerprint density at radius 2 is 2.29 bits per heavy atom. The summed E-state index contributed by atoms with van der Waals surface area (Å²) < 4.78 is 11.1. The third kappa shape index (κ3) is 3.79. The summed E-state index contributed by atoms with van der Waals surface area (Å²) in [7, 11) is 0. The first-order valence-corrected chi connectivity index (χ1v) is 8.28. The van der Waals surface area contributed by atoms with E-state index in [1.807, 2.05) is 12.3 Å². The fourth-order valence-electron chi connectivity index (χ4n) is 2.34. The van der Waals surface area contributed by atoms with Crippen molar-refractivity contribution in [3.05, 3.63) is 22.8 Å². The van der Waals surface area contributed by atoms with Crippen LogP contribution in [0.5, 0.6) is 0 Å². The molecule has 6 nitrogen and oxygen atoms in total. The molecule has 1 unspecified atom stereocenters. The van der Waals surface area contributed by atoms with Gasteiger partial charge in [-0.1, -0.05) is 5.16 Å². The Labute approximate surface area is 127 Å². The Morgan fingerprint density at radius 3 is 2.95 bits per heavy atom. The maximum Gasteiger partial charge on any atom is 0.226 e. The third-order valence-electron chi connectivity index (χ3n) is 3.53. The van der Waals surface area contributed by atoms with Crippen molar-refractivity contribution in [2.24, 2.45) is 5.92 Å². The summed E-state index contributed by atoms with van der Waals surface area (Å²) in [6, 6.07) is 0. The molecule has 0 amide bonds. The zero-order valence-corrected chi connectivity index (χ0v) is 12.9. The predicted octanol–water partition coefficient (Wildman–Crippen LogP) is 2.77. The monoisotopic (exact) mass is 308 g/mol. The number of thiazole rings is 1. The summed E-state index contributed by atoms with van der Waals surface area (Å²) in [5.41, 5.74) is 6.64. The van der Waals surface area contributed by atoms with Crippen LogP contribution in [-0.2, 0) is 17.6 Å². The second kappa shape index (κ2) is 6.53. The number of hydrogen-bond donors (Lipinski definition) is 1. The Morgan fingerprint density at radius 1 is 1.43 bits per heavy atom. The van der Waals surface area contributed by atoms with E-state index in [0.717, 1.165) is 25.0 Å². The van der Waals surface area contributed by atoms with Gasteiger partial charge in [0.1, 0.15) is 6.10 Å². The minimum atomic E-state index is 0.00541. The highest BCUT2D eigenvalue weighted by atomic mass is 32.1. The van der Waals surface area contributed by atoms with Gasteiger partial charge in [0, 0.05) is 18.4 Å². The summed E-state index contributed by atoms with van der Waals surface area (Å²) >= 11 is 1.47. The van der Waals surface area contributed by atoms with Crippen molar-refractivity contribution in [3.8, 4) is 0 Å². The predicted molar refractivity (Wildman–Crippen MR) is 79.9 cm³/mol. The first-order valence-electron chi connectivity index (χ1n) is 7.40. The molecule has 1 atom stereocenters. The van der Waals surface area contributed by atoms with Gasteiger partial charge in [0.2, 0.25) is 11.7 Å². The highest BCUT2D eigenvalue weighted by Gasteiger charge is 2.36. The van der Waals surface area contributed by atoms with Gasteiger partial charge in [0.25, 0.3) is 0 Å². The van der Waals surface area contributed by atoms with Gasteiger partial charge in [-0.15, -0.1) is 11.3 Å². The molecule has 3 rings (SSSR count). The highest BCUT2D eigenvalue weighted by molar-refractivity contribution is 7.13. The van der Waals surface area contributed by atoms with E-state index in [1.165, 1.54) is 24.2 Å². The smallest absolute Gasteiger partial charge is 0.226 e. The lowest BCUT2D eigenvalue weighted by atomic mass is 10.2. The van der Waals surface area contributed by atoms with Crippen LogP contribution in [0.15, 0.2) is 9.90 Å². The number of aromatic nitrogens is 3. The molecule has 2 aromatic heterocycles. The Balaban J connectivity index is 1.52. The van der Waals surface area contributed by atoms with Crippen molar-refractivity contribution in [2.45, 2.75) is 45.1 Å². The summed E-state index contributed by atoms with van der Waals surface area (Å²) in [5.74, 6) is 1.94. The van der Waals surface area contributed by atoms with Crippen LogP contribution in [0.1, 0.15) is 49.7 Å². The first-order chi connectivity index (χ1) is 10.3. The van der Waals surface area contributed by atoms with E-state index >= 15 is 0 Å². The standard InChI is InChI=1S/C14H20N4O2S/c1-2-19-12(9-6-7-9)13-17-11(20-18-13)5-3-4-10-8-21-14(15)16-10/h8-9,12H,2-7H2,1H3,(H2,15,16). The van der Waals surface area contributed by atoms with Gasteiger partial charge in [-0.25, -0.2) is 4.98 Å². The van der Waals surface area contributed by atoms with Crippen molar-refractivity contribution in [1.82, 2.24) is 15.1 Å². The van der Waals surface area contributed by atoms with Crippen molar-refractivity contribution in [1.29, 1.82) is 0 Å². The van der Waals surface area contributed by atoms with Crippen molar-refractivity contribution >= 4 is 16.5 Å². The summed E-state index contributed by atoms with van der Waals surface area (Å²) in [4.78, 5) is 8.72. The molecule has 0 aliphatic heterocycles. The molecule has 1 aliphatic rings. The molecule has 2 heterocycles. The van der Waals surface area contributed by atoms with Gasteiger partial charge in [-0.3, -0.25) is 0 Å². The second-order valence-electron chi connectivity index (χ2n) is 5.29. The van der Waals surface area contributed by atoms with E-state index in [4.69, 9.17) is 15.0 Å². The number of aryl methyl sites for hydroxylation is 2. The van der Waals surface area contributed by atoms with Gasteiger partial charge in [-0.2, -0.15) is 4.98 Å². The van der Waals surface area contributed by atoms with Crippen LogP contribution >= 0.6 is 11.3 Å². The maximum absolute atomic E-state index is 5.73. The van der Waals surface area contributed by atoms with Crippen LogP contribution in [0.2, 0.25) is 0 Å². The lowest BCUT2D eigenvalue weighted by molar-refractivity contribution is 0.0384. The lowest BCUT2D eigenvalue weighted by Gasteiger charge is -2.10. The zero-order valence-electron chi connectivity index (χ0n) is 12.1. The first kappa shape index (κ1) is 14.5. The molecule has 0 bridgehead atoms.